The van der Waals surface area contributed by atoms with Crippen LogP contribution >= 0.6 is 0 Å². The molecule has 50 valence electrons. The molecule has 0 aromatic heterocycles. The smallest absolute Gasteiger partial charge is 0.147 e. The lowest BCUT2D eigenvalue weighted by atomic mass is 10.1. The lowest BCUT2D eigenvalue weighted by molar-refractivity contribution is -0.113. The van der Waals surface area contributed by atoms with E-state index in [0.29, 0.717) is 0 Å². The van der Waals surface area contributed by atoms with Crippen LogP contribution in [0.3, 0.4) is 0 Å². The first-order valence-electron chi connectivity index (χ1n) is 2.76. The van der Waals surface area contributed by atoms with Crippen molar-refractivity contribution >= 4 is 6.29 Å². The van der Waals surface area contributed by atoms with Crippen LogP contribution < -0.4 is 5.48 Å². The van der Waals surface area contributed by atoms with E-state index < -0.39 is 5.54 Å². The number of aldehydes is 1. The van der Waals surface area contributed by atoms with Gasteiger partial charge in [-0.25, -0.2) is 0 Å². The van der Waals surface area contributed by atoms with Crippen molar-refractivity contribution in [2.75, 3.05) is 0 Å². The Bertz CT molecular complexity index is 164. The number of hydrogen-bond acceptors (Lipinski definition) is 3. The zero-order valence-corrected chi connectivity index (χ0v) is 5.47. The third-order valence-electron chi connectivity index (χ3n) is 1.18. The van der Waals surface area contributed by atoms with Crippen LogP contribution in [0.2, 0.25) is 0 Å². The fourth-order valence-electron chi connectivity index (χ4n) is 0.730. The predicted octanol–water partition coefficient (Wildman–Crippen LogP) is 0.383. The molecule has 3 nitrogen and oxygen atoms in total. The van der Waals surface area contributed by atoms with Crippen LogP contribution in [0, 0.1) is 0 Å². The lowest BCUT2D eigenvalue weighted by Crippen LogP contribution is -2.36. The summed E-state index contributed by atoms with van der Waals surface area (Å²) in [6.45, 7) is 3.54. The van der Waals surface area contributed by atoms with Crippen LogP contribution in [-0.4, -0.2) is 11.8 Å². The highest BCUT2D eigenvalue weighted by molar-refractivity contribution is 5.67. The van der Waals surface area contributed by atoms with Crippen molar-refractivity contribution in [2.45, 2.75) is 19.4 Å². The summed E-state index contributed by atoms with van der Waals surface area (Å²) >= 11 is 0. The minimum atomic E-state index is -0.607. The van der Waals surface area contributed by atoms with Gasteiger partial charge in [-0.05, 0) is 19.9 Å². The Morgan fingerprint density at radius 1 is 1.89 bits per heavy atom. The van der Waals surface area contributed by atoms with Gasteiger partial charge in [0.1, 0.15) is 17.6 Å². The summed E-state index contributed by atoms with van der Waals surface area (Å²) in [6, 6.07) is 0. The number of rotatable bonds is 1. The van der Waals surface area contributed by atoms with E-state index in [-0.39, 0.29) is 0 Å². The summed E-state index contributed by atoms with van der Waals surface area (Å²) in [6.07, 6.45) is 2.55. The van der Waals surface area contributed by atoms with Gasteiger partial charge < -0.3 is 9.63 Å². The van der Waals surface area contributed by atoms with Crippen molar-refractivity contribution in [3.05, 3.63) is 11.8 Å². The first-order valence-corrected chi connectivity index (χ1v) is 2.76. The monoisotopic (exact) mass is 127 g/mol. The summed E-state index contributed by atoms with van der Waals surface area (Å²) in [5.74, 6) is 0.740. The minimum absolute atomic E-state index is 0.607. The number of carbonyl (C=O) groups excluding carboxylic acids is 1. The maximum atomic E-state index is 10.3. The Balaban J connectivity index is 2.75. The number of hydrogen-bond donors (Lipinski definition) is 1. The molecular weight excluding hydrogens is 118 g/mol. The zero-order valence-electron chi connectivity index (χ0n) is 5.47. The van der Waals surface area contributed by atoms with E-state index in [4.69, 9.17) is 4.84 Å². The highest BCUT2D eigenvalue weighted by Crippen LogP contribution is 2.13. The Hall–Kier alpha value is -0.830. The SMILES string of the molecule is CC1=CC(C)(C=O)NO1. The van der Waals surface area contributed by atoms with E-state index in [1.165, 1.54) is 0 Å². The van der Waals surface area contributed by atoms with E-state index in [9.17, 15) is 4.79 Å². The third-order valence-corrected chi connectivity index (χ3v) is 1.18. The minimum Gasteiger partial charge on any atom is -0.412 e. The Labute approximate surface area is 53.6 Å². The number of hydroxylamine groups is 1. The van der Waals surface area contributed by atoms with Crippen molar-refractivity contribution in [2.24, 2.45) is 0 Å². The van der Waals surface area contributed by atoms with E-state index in [1.807, 2.05) is 0 Å². The molecule has 0 bridgehead atoms. The summed E-state index contributed by atoms with van der Waals surface area (Å²) in [5, 5.41) is 0. The van der Waals surface area contributed by atoms with Crippen LogP contribution in [0.15, 0.2) is 11.8 Å². The molecule has 0 saturated heterocycles. The molecule has 9 heavy (non-hydrogen) atoms. The van der Waals surface area contributed by atoms with Gasteiger partial charge in [-0.1, -0.05) is 0 Å². The zero-order chi connectivity index (χ0) is 6.91. The van der Waals surface area contributed by atoms with Gasteiger partial charge in [0.2, 0.25) is 0 Å². The molecule has 0 aliphatic carbocycles. The molecule has 0 saturated carbocycles. The molecule has 0 spiro atoms. The second kappa shape index (κ2) is 1.84. The molecule has 0 fully saturated rings. The lowest BCUT2D eigenvalue weighted by Gasteiger charge is -2.09. The molecule has 1 aliphatic rings. The maximum absolute atomic E-state index is 10.3. The fourth-order valence-corrected chi connectivity index (χ4v) is 0.730. The highest BCUT2D eigenvalue weighted by atomic mass is 16.7. The van der Waals surface area contributed by atoms with E-state index in [2.05, 4.69) is 5.48 Å². The number of allylic oxidation sites excluding steroid dienone is 1. The van der Waals surface area contributed by atoms with Gasteiger partial charge in [-0.3, -0.25) is 0 Å². The molecule has 1 aliphatic heterocycles. The van der Waals surface area contributed by atoms with Crippen molar-refractivity contribution < 1.29 is 9.63 Å². The Morgan fingerprint density at radius 2 is 2.56 bits per heavy atom. The van der Waals surface area contributed by atoms with Gasteiger partial charge in [-0.15, -0.1) is 5.48 Å². The van der Waals surface area contributed by atoms with Gasteiger partial charge in [0.05, 0.1) is 0 Å². The van der Waals surface area contributed by atoms with Crippen molar-refractivity contribution in [1.82, 2.24) is 5.48 Å². The summed E-state index contributed by atoms with van der Waals surface area (Å²) in [5.41, 5.74) is 1.96. The molecule has 0 aromatic rings. The van der Waals surface area contributed by atoms with Gasteiger partial charge in [0.15, 0.2) is 0 Å². The number of carbonyl (C=O) groups is 1. The molecule has 1 unspecified atom stereocenters. The van der Waals surface area contributed by atoms with E-state index >= 15 is 0 Å². The van der Waals surface area contributed by atoms with Crippen LogP contribution in [0.5, 0.6) is 0 Å². The summed E-state index contributed by atoms with van der Waals surface area (Å²) in [4.78, 5) is 15.1. The van der Waals surface area contributed by atoms with Gasteiger partial charge in [-0.2, -0.15) is 0 Å². The standard InChI is InChI=1S/C6H9NO2/c1-5-3-6(2,4-8)7-9-5/h3-4,7H,1-2H3. The van der Waals surface area contributed by atoms with Gasteiger partial charge in [0.25, 0.3) is 0 Å². The highest BCUT2D eigenvalue weighted by Gasteiger charge is 2.26. The summed E-state index contributed by atoms with van der Waals surface area (Å²) < 4.78 is 0. The largest absolute Gasteiger partial charge is 0.412 e. The molecule has 1 N–H and O–H groups in total. The molecule has 0 amide bonds. The first kappa shape index (κ1) is 6.29. The molecule has 0 aromatic carbocycles. The van der Waals surface area contributed by atoms with Gasteiger partial charge >= 0.3 is 0 Å². The quantitative estimate of drug-likeness (QED) is 0.517. The molecule has 1 heterocycles. The van der Waals surface area contributed by atoms with Crippen molar-refractivity contribution in [3.63, 3.8) is 0 Å². The molecule has 3 heteroatoms. The maximum Gasteiger partial charge on any atom is 0.147 e. The molecule has 1 atom stereocenters. The van der Waals surface area contributed by atoms with Crippen LogP contribution in [-0.2, 0) is 9.63 Å². The van der Waals surface area contributed by atoms with Crippen molar-refractivity contribution in [1.29, 1.82) is 0 Å². The van der Waals surface area contributed by atoms with E-state index in [0.717, 1.165) is 12.0 Å². The molecule has 1 rings (SSSR count). The second-order valence-corrected chi connectivity index (χ2v) is 2.36. The third kappa shape index (κ3) is 1.10. The number of nitrogens with one attached hydrogen (secondary N) is 1. The average molecular weight is 127 g/mol. The fraction of sp³-hybridized carbons (Fsp3) is 0.500. The van der Waals surface area contributed by atoms with Crippen LogP contribution in [0.1, 0.15) is 13.8 Å². The van der Waals surface area contributed by atoms with Crippen LogP contribution in [0.4, 0.5) is 0 Å². The second-order valence-electron chi connectivity index (χ2n) is 2.36. The first-order chi connectivity index (χ1) is 4.16. The van der Waals surface area contributed by atoms with E-state index in [1.54, 1.807) is 19.9 Å². The van der Waals surface area contributed by atoms with Crippen LogP contribution in [0.25, 0.3) is 0 Å². The predicted molar refractivity (Wildman–Crippen MR) is 32.4 cm³/mol. The topological polar surface area (TPSA) is 38.3 Å². The Morgan fingerprint density at radius 3 is 2.78 bits per heavy atom. The molecular formula is C6H9NO2. The average Bonchev–Trinajstić information content (AvgIpc) is 2.13. The van der Waals surface area contributed by atoms with Crippen molar-refractivity contribution in [3.8, 4) is 0 Å². The Kier molecular flexibility index (Phi) is 1.29. The molecule has 0 radical (unpaired) electrons. The normalized spacial score (nSPS) is 33.3. The summed E-state index contributed by atoms with van der Waals surface area (Å²) in [7, 11) is 0. The van der Waals surface area contributed by atoms with Gasteiger partial charge in [0, 0.05) is 0 Å².